The van der Waals surface area contributed by atoms with E-state index >= 15 is 0 Å². The predicted octanol–water partition coefficient (Wildman–Crippen LogP) is 2.29. The van der Waals surface area contributed by atoms with E-state index in [2.05, 4.69) is 10.6 Å². The lowest BCUT2D eigenvalue weighted by molar-refractivity contribution is -0.119. The number of rotatable bonds is 9. The van der Waals surface area contributed by atoms with E-state index in [-0.39, 0.29) is 28.4 Å². The average Bonchev–Trinajstić information content (AvgIpc) is 2.48. The topological polar surface area (TPSA) is 95.5 Å². The molecule has 0 aliphatic carbocycles. The van der Waals surface area contributed by atoms with Gasteiger partial charge in [-0.25, -0.2) is 0 Å². The standard InChI is InChI=1S/C16H22N2O4S/c1-12(19)23-11-16(22)17-9-4-2-3-8-15(21)18-13-6-5-7-14(20)10-13/h5-7,10,20H,2-4,8-9,11H2,1H3,(H,17,22)(H,18,21). The first-order chi connectivity index (χ1) is 11.0. The summed E-state index contributed by atoms with van der Waals surface area (Å²) in [5.74, 6) is 0.0209. The van der Waals surface area contributed by atoms with Crippen molar-refractivity contribution in [2.75, 3.05) is 17.6 Å². The van der Waals surface area contributed by atoms with E-state index in [0.29, 0.717) is 18.7 Å². The van der Waals surface area contributed by atoms with E-state index < -0.39 is 0 Å². The van der Waals surface area contributed by atoms with Crippen LogP contribution in [-0.2, 0) is 14.4 Å². The highest BCUT2D eigenvalue weighted by Crippen LogP contribution is 2.15. The minimum absolute atomic E-state index is 0.0714. The van der Waals surface area contributed by atoms with Crippen molar-refractivity contribution in [1.29, 1.82) is 0 Å². The van der Waals surface area contributed by atoms with Crippen molar-refractivity contribution in [1.82, 2.24) is 5.32 Å². The zero-order valence-corrected chi connectivity index (χ0v) is 13.9. The maximum atomic E-state index is 11.7. The summed E-state index contributed by atoms with van der Waals surface area (Å²) in [6.07, 6.45) is 2.73. The summed E-state index contributed by atoms with van der Waals surface area (Å²) in [5.41, 5.74) is 0.574. The van der Waals surface area contributed by atoms with Crippen molar-refractivity contribution >= 4 is 34.4 Å². The fourth-order valence-electron chi connectivity index (χ4n) is 1.84. The molecule has 1 aromatic carbocycles. The molecule has 0 fully saturated rings. The van der Waals surface area contributed by atoms with Crippen molar-refractivity contribution in [2.45, 2.75) is 32.6 Å². The molecule has 0 aliphatic rings. The number of amides is 2. The molecule has 23 heavy (non-hydrogen) atoms. The lowest BCUT2D eigenvalue weighted by Crippen LogP contribution is -2.26. The number of nitrogens with one attached hydrogen (secondary N) is 2. The van der Waals surface area contributed by atoms with Gasteiger partial charge in [0.05, 0.1) is 5.75 Å². The molecule has 7 heteroatoms. The fraction of sp³-hybridized carbons (Fsp3) is 0.438. The number of aromatic hydroxyl groups is 1. The second-order valence-corrected chi connectivity index (χ2v) is 6.19. The van der Waals surface area contributed by atoms with Gasteiger partial charge in [0.2, 0.25) is 11.8 Å². The molecule has 0 saturated heterocycles. The van der Waals surface area contributed by atoms with Crippen LogP contribution < -0.4 is 10.6 Å². The van der Waals surface area contributed by atoms with Crippen molar-refractivity contribution in [3.05, 3.63) is 24.3 Å². The van der Waals surface area contributed by atoms with E-state index in [1.807, 2.05) is 0 Å². The number of unbranched alkanes of at least 4 members (excludes halogenated alkanes) is 2. The second kappa shape index (κ2) is 10.7. The molecule has 0 aliphatic heterocycles. The summed E-state index contributed by atoms with van der Waals surface area (Å²) in [4.78, 5) is 33.8. The van der Waals surface area contributed by atoms with Gasteiger partial charge < -0.3 is 15.7 Å². The molecule has 0 unspecified atom stereocenters. The van der Waals surface area contributed by atoms with Crippen molar-refractivity contribution in [3.8, 4) is 5.75 Å². The molecule has 1 aromatic rings. The third kappa shape index (κ3) is 9.57. The van der Waals surface area contributed by atoms with Gasteiger partial charge in [-0.2, -0.15) is 0 Å². The molecule has 0 atom stereocenters. The maximum Gasteiger partial charge on any atom is 0.230 e. The van der Waals surface area contributed by atoms with Gasteiger partial charge in [0.25, 0.3) is 0 Å². The number of anilines is 1. The Labute approximate surface area is 140 Å². The molecule has 0 radical (unpaired) electrons. The zero-order valence-electron chi connectivity index (χ0n) is 13.1. The summed E-state index contributed by atoms with van der Waals surface area (Å²) >= 11 is 0.992. The van der Waals surface area contributed by atoms with Crippen LogP contribution in [0.5, 0.6) is 5.75 Å². The van der Waals surface area contributed by atoms with Crippen LogP contribution in [0.3, 0.4) is 0 Å². The van der Waals surface area contributed by atoms with E-state index in [1.54, 1.807) is 18.2 Å². The van der Waals surface area contributed by atoms with Gasteiger partial charge in [-0.3, -0.25) is 14.4 Å². The number of thioether (sulfide) groups is 1. The Morgan fingerprint density at radius 3 is 2.61 bits per heavy atom. The predicted molar refractivity (Wildman–Crippen MR) is 91.4 cm³/mol. The van der Waals surface area contributed by atoms with Crippen LogP contribution in [-0.4, -0.2) is 34.3 Å². The Bertz CT molecular complexity index is 549. The molecule has 0 saturated carbocycles. The maximum absolute atomic E-state index is 11.7. The Morgan fingerprint density at radius 1 is 1.13 bits per heavy atom. The van der Waals surface area contributed by atoms with E-state index in [4.69, 9.17) is 0 Å². The minimum Gasteiger partial charge on any atom is -0.508 e. The van der Waals surface area contributed by atoms with Crippen molar-refractivity contribution in [3.63, 3.8) is 0 Å². The van der Waals surface area contributed by atoms with Gasteiger partial charge in [0.1, 0.15) is 5.75 Å². The third-order valence-corrected chi connectivity index (χ3v) is 3.75. The Balaban J connectivity index is 2.05. The van der Waals surface area contributed by atoms with Gasteiger partial charge in [0.15, 0.2) is 5.12 Å². The first kappa shape index (κ1) is 19.0. The minimum atomic E-state index is -0.146. The monoisotopic (exact) mass is 338 g/mol. The Morgan fingerprint density at radius 2 is 1.91 bits per heavy atom. The second-order valence-electron chi connectivity index (χ2n) is 5.04. The van der Waals surface area contributed by atoms with E-state index in [9.17, 15) is 19.5 Å². The van der Waals surface area contributed by atoms with Crippen LogP contribution in [0.25, 0.3) is 0 Å². The molecule has 6 nitrogen and oxygen atoms in total. The summed E-state index contributed by atoms with van der Waals surface area (Å²) in [6.45, 7) is 1.98. The van der Waals surface area contributed by atoms with Crippen molar-refractivity contribution in [2.24, 2.45) is 0 Å². The van der Waals surface area contributed by atoms with Crippen LogP contribution >= 0.6 is 11.8 Å². The van der Waals surface area contributed by atoms with Crippen molar-refractivity contribution < 1.29 is 19.5 Å². The lowest BCUT2D eigenvalue weighted by atomic mass is 10.2. The average molecular weight is 338 g/mol. The molecule has 0 aromatic heterocycles. The first-order valence-electron chi connectivity index (χ1n) is 7.46. The summed E-state index contributed by atoms with van der Waals surface area (Å²) in [6, 6.07) is 6.41. The van der Waals surface area contributed by atoms with Gasteiger partial charge in [-0.15, -0.1) is 0 Å². The molecule has 126 valence electrons. The molecular formula is C16H22N2O4S. The van der Waals surface area contributed by atoms with Gasteiger partial charge in [-0.1, -0.05) is 24.2 Å². The van der Waals surface area contributed by atoms with Crippen LogP contribution in [0.15, 0.2) is 24.3 Å². The molecule has 0 heterocycles. The van der Waals surface area contributed by atoms with Gasteiger partial charge in [-0.05, 0) is 25.0 Å². The summed E-state index contributed by atoms with van der Waals surface area (Å²) in [7, 11) is 0. The Kier molecular flexibility index (Phi) is 8.82. The molecule has 2 amide bonds. The number of hydrogen-bond acceptors (Lipinski definition) is 5. The van der Waals surface area contributed by atoms with Crippen LogP contribution in [0.4, 0.5) is 5.69 Å². The highest BCUT2D eigenvalue weighted by Gasteiger charge is 2.04. The molecule has 0 bridgehead atoms. The zero-order chi connectivity index (χ0) is 17.1. The third-order valence-electron chi connectivity index (χ3n) is 2.94. The SMILES string of the molecule is CC(=O)SCC(=O)NCCCCCC(=O)Nc1cccc(O)c1. The number of benzene rings is 1. The van der Waals surface area contributed by atoms with Crippen LogP contribution in [0, 0.1) is 0 Å². The molecule has 3 N–H and O–H groups in total. The summed E-state index contributed by atoms with van der Waals surface area (Å²) in [5, 5.41) is 14.7. The highest BCUT2D eigenvalue weighted by molar-refractivity contribution is 8.14. The van der Waals surface area contributed by atoms with Crippen LogP contribution in [0.1, 0.15) is 32.6 Å². The van der Waals surface area contributed by atoms with E-state index in [1.165, 1.54) is 13.0 Å². The smallest absolute Gasteiger partial charge is 0.230 e. The molecule has 1 rings (SSSR count). The fourth-order valence-corrected chi connectivity index (χ4v) is 2.28. The molecular weight excluding hydrogens is 316 g/mol. The number of hydrogen-bond donors (Lipinski definition) is 3. The quantitative estimate of drug-likeness (QED) is 0.600. The van der Waals surface area contributed by atoms with Gasteiger partial charge in [0, 0.05) is 31.6 Å². The first-order valence-corrected chi connectivity index (χ1v) is 8.45. The number of carbonyl (C=O) groups excluding carboxylic acids is 3. The van der Waals surface area contributed by atoms with Gasteiger partial charge >= 0.3 is 0 Å². The highest BCUT2D eigenvalue weighted by atomic mass is 32.2. The molecule has 0 spiro atoms. The lowest BCUT2D eigenvalue weighted by Gasteiger charge is -2.06. The largest absolute Gasteiger partial charge is 0.508 e. The normalized spacial score (nSPS) is 10.1. The van der Waals surface area contributed by atoms with Crippen LogP contribution in [0.2, 0.25) is 0 Å². The Hall–Kier alpha value is -2.02. The number of phenols is 1. The number of carbonyl (C=O) groups is 3. The van der Waals surface area contributed by atoms with E-state index in [0.717, 1.165) is 31.0 Å². The summed E-state index contributed by atoms with van der Waals surface area (Å²) < 4.78 is 0. The number of phenolic OH excluding ortho intramolecular Hbond substituents is 1.